The van der Waals surface area contributed by atoms with Gasteiger partial charge in [0.25, 0.3) is 0 Å². The van der Waals surface area contributed by atoms with E-state index in [2.05, 4.69) is 54.7 Å². The van der Waals surface area contributed by atoms with Gasteiger partial charge in [-0.3, -0.25) is 0 Å². The predicted molar refractivity (Wildman–Crippen MR) is 105 cm³/mol. The van der Waals surface area contributed by atoms with E-state index in [1.165, 1.54) is 6.42 Å². The maximum Gasteiger partial charge on any atom is 0.147 e. The van der Waals surface area contributed by atoms with Crippen LogP contribution in [0.3, 0.4) is 0 Å². The quantitative estimate of drug-likeness (QED) is 0.484. The Bertz CT molecular complexity index is 400. The van der Waals surface area contributed by atoms with Crippen LogP contribution in [0.2, 0.25) is 0 Å². The van der Waals surface area contributed by atoms with Crippen molar-refractivity contribution in [1.82, 2.24) is 0 Å². The highest BCUT2D eigenvalue weighted by Gasteiger charge is 2.18. The van der Waals surface area contributed by atoms with Crippen LogP contribution in [0.25, 0.3) is 0 Å². The molecule has 1 heterocycles. The Morgan fingerprint density at radius 3 is 2.05 bits per heavy atom. The van der Waals surface area contributed by atoms with Crippen molar-refractivity contribution >= 4 is 47.8 Å². The summed E-state index contributed by atoms with van der Waals surface area (Å²) in [7, 11) is 0. The van der Waals surface area contributed by atoms with Crippen molar-refractivity contribution in [1.29, 1.82) is 0 Å². The number of halogens is 3. The lowest BCUT2D eigenvalue weighted by Crippen LogP contribution is -2.16. The lowest BCUT2D eigenvalue weighted by Gasteiger charge is -2.13. The van der Waals surface area contributed by atoms with Gasteiger partial charge in [-0.15, -0.1) is 0 Å². The molecule has 0 spiro atoms. The molecular formula is C16H27Br3O3. The molecule has 0 amide bonds. The van der Waals surface area contributed by atoms with E-state index in [4.69, 9.17) is 9.47 Å². The Balaban J connectivity index is 0. The molecule has 0 aromatic heterocycles. The smallest absolute Gasteiger partial charge is 0.147 e. The Hall–Kier alpha value is 0.380. The summed E-state index contributed by atoms with van der Waals surface area (Å²) in [5, 5.41) is 9.39. The number of rotatable bonds is 5. The zero-order valence-electron chi connectivity index (χ0n) is 11.5. The maximum absolute atomic E-state index is 9.39. The van der Waals surface area contributed by atoms with Gasteiger partial charge in [-0.25, -0.2) is 0 Å². The van der Waals surface area contributed by atoms with Crippen LogP contribution in [0.5, 0.6) is 5.75 Å². The van der Waals surface area contributed by atoms with Crippen LogP contribution in [0.15, 0.2) is 25.6 Å². The second kappa shape index (κ2) is 12.8. The van der Waals surface area contributed by atoms with Gasteiger partial charge in [0.1, 0.15) is 12.4 Å². The van der Waals surface area contributed by atoms with Crippen LogP contribution >= 0.6 is 47.8 Å². The van der Waals surface area contributed by atoms with E-state index >= 15 is 0 Å². The second-order valence-corrected chi connectivity index (χ2v) is 7.06. The summed E-state index contributed by atoms with van der Waals surface area (Å²) >= 11 is 10.2. The number of aliphatic hydroxyl groups is 1. The van der Waals surface area contributed by atoms with Crippen molar-refractivity contribution in [2.24, 2.45) is 0 Å². The molecule has 1 N–H and O–H groups in total. The number of hydrogen-bond acceptors (Lipinski definition) is 3. The topological polar surface area (TPSA) is 42.0 Å². The van der Waals surface area contributed by atoms with Crippen LogP contribution < -0.4 is 4.74 Å². The minimum atomic E-state index is -0.424. The van der Waals surface area contributed by atoms with Gasteiger partial charge in [0.15, 0.2) is 0 Å². The molecule has 1 saturated heterocycles. The van der Waals surface area contributed by atoms with Crippen molar-refractivity contribution < 1.29 is 14.6 Å². The van der Waals surface area contributed by atoms with Gasteiger partial charge in [0.2, 0.25) is 0 Å². The van der Waals surface area contributed by atoms with E-state index < -0.39 is 6.10 Å². The molecular weight excluding hydrogens is 480 g/mol. The summed E-state index contributed by atoms with van der Waals surface area (Å²) < 4.78 is 13.0. The number of ether oxygens (including phenoxy) is 2. The monoisotopic (exact) mass is 504 g/mol. The lowest BCUT2D eigenvalue weighted by molar-refractivity contribution is 0.103. The summed E-state index contributed by atoms with van der Waals surface area (Å²) in [5.74, 6) is 0.714. The van der Waals surface area contributed by atoms with E-state index in [-0.39, 0.29) is 14.9 Å². The average Bonchev–Trinajstić information content (AvgIpc) is 3.21. The first-order valence-electron chi connectivity index (χ1n) is 6.54. The predicted octanol–water partition coefficient (Wildman–Crippen LogP) is 6.19. The highest BCUT2D eigenvalue weighted by atomic mass is 79.9. The largest absolute Gasteiger partial charge is 0.489 e. The third kappa shape index (κ3) is 9.50. The van der Waals surface area contributed by atoms with E-state index in [0.717, 1.165) is 20.0 Å². The van der Waals surface area contributed by atoms with Gasteiger partial charge in [-0.1, -0.05) is 44.6 Å². The molecule has 2 atom stereocenters. The van der Waals surface area contributed by atoms with Crippen molar-refractivity contribution in [2.45, 2.75) is 53.8 Å². The minimum Gasteiger partial charge on any atom is -0.489 e. The summed E-state index contributed by atoms with van der Waals surface area (Å²) in [6.45, 7) is 5.36. The molecule has 1 aliphatic rings. The van der Waals surface area contributed by atoms with Crippen molar-refractivity contribution in [3.05, 3.63) is 25.6 Å². The number of aliphatic hydroxyl groups excluding tert-OH is 1. The highest BCUT2D eigenvalue weighted by Crippen LogP contribution is 2.36. The van der Waals surface area contributed by atoms with E-state index in [0.29, 0.717) is 24.9 Å². The first-order chi connectivity index (χ1) is 9.47. The summed E-state index contributed by atoms with van der Waals surface area (Å²) in [5.41, 5.74) is 0. The molecule has 1 fully saturated rings. The molecule has 2 unspecified atom stereocenters. The fourth-order valence-electron chi connectivity index (χ4n) is 1.27. The zero-order chi connectivity index (χ0) is 15.1. The molecule has 2 rings (SSSR count). The number of benzene rings is 1. The molecule has 22 heavy (non-hydrogen) atoms. The molecule has 6 heteroatoms. The first kappa shape index (κ1) is 24.6. The number of epoxide rings is 1. The van der Waals surface area contributed by atoms with Crippen molar-refractivity contribution in [3.63, 3.8) is 0 Å². The first-order valence-corrected chi connectivity index (χ1v) is 8.92. The van der Waals surface area contributed by atoms with Crippen LogP contribution in [-0.2, 0) is 4.74 Å². The molecule has 130 valence electrons. The van der Waals surface area contributed by atoms with Gasteiger partial charge in [0.05, 0.1) is 27.8 Å². The van der Waals surface area contributed by atoms with Crippen LogP contribution in [0.4, 0.5) is 0 Å². The van der Waals surface area contributed by atoms with Gasteiger partial charge in [-0.2, -0.15) is 0 Å². The molecule has 1 aliphatic heterocycles. The summed E-state index contributed by atoms with van der Waals surface area (Å²) in [4.78, 5) is 0. The Morgan fingerprint density at radius 1 is 1.23 bits per heavy atom. The molecule has 0 aliphatic carbocycles. The maximum atomic E-state index is 9.39. The fourth-order valence-corrected chi connectivity index (χ4v) is 3.76. The van der Waals surface area contributed by atoms with Crippen molar-refractivity contribution in [3.8, 4) is 5.75 Å². The lowest BCUT2D eigenvalue weighted by atomic mass is 10.3. The second-order valence-electron chi connectivity index (χ2n) is 4.44. The number of hydrogen-bond donors (Lipinski definition) is 1. The third-order valence-corrected chi connectivity index (χ3v) is 4.35. The minimum absolute atomic E-state index is 0. The highest BCUT2D eigenvalue weighted by molar-refractivity contribution is 9.11. The molecule has 1 aromatic carbocycles. The summed E-state index contributed by atoms with van der Waals surface area (Å²) in [6.07, 6.45) is 2.09. The molecule has 0 radical (unpaired) electrons. The fraction of sp³-hybridized carbons (Fsp3) is 0.625. The van der Waals surface area contributed by atoms with Crippen LogP contribution in [0, 0.1) is 0 Å². The van der Waals surface area contributed by atoms with E-state index in [1.807, 2.05) is 19.1 Å². The molecule has 0 saturated carbocycles. The van der Waals surface area contributed by atoms with E-state index in [9.17, 15) is 5.11 Å². The summed E-state index contributed by atoms with van der Waals surface area (Å²) in [6, 6.07) is 3.80. The van der Waals surface area contributed by atoms with Gasteiger partial charge in [0, 0.05) is 4.47 Å². The molecule has 0 bridgehead atoms. The van der Waals surface area contributed by atoms with Gasteiger partial charge >= 0.3 is 0 Å². The average molecular weight is 507 g/mol. The standard InChI is InChI=1S/C10H11Br3O2.C4H8O.2CH4/c1-2-7(14)5-15-10-8(12)3-6(11)4-9(10)13;1-2-4-3-5-4;;/h3-4,7,14H,2,5H2,1H3;4H,2-3H2,1H3;2*1H4. The van der Waals surface area contributed by atoms with Crippen LogP contribution in [0.1, 0.15) is 41.5 Å². The SMILES string of the molecule is C.C.CCC(O)COc1c(Br)cc(Br)cc1Br.CCC1CO1. The Kier molecular flexibility index (Phi) is 14.3. The van der Waals surface area contributed by atoms with E-state index in [1.54, 1.807) is 0 Å². The Morgan fingerprint density at radius 2 is 1.73 bits per heavy atom. The molecule has 1 aromatic rings. The van der Waals surface area contributed by atoms with Crippen molar-refractivity contribution in [2.75, 3.05) is 13.2 Å². The molecule has 3 nitrogen and oxygen atoms in total. The normalized spacial score (nSPS) is 16.4. The Labute approximate surface area is 160 Å². The van der Waals surface area contributed by atoms with Gasteiger partial charge in [-0.05, 0) is 56.8 Å². The van der Waals surface area contributed by atoms with Gasteiger partial charge < -0.3 is 14.6 Å². The third-order valence-electron chi connectivity index (χ3n) is 2.71. The van der Waals surface area contributed by atoms with Crippen LogP contribution in [-0.4, -0.2) is 30.5 Å². The zero-order valence-corrected chi connectivity index (χ0v) is 16.3.